The fourth-order valence-electron chi connectivity index (χ4n) is 3.37. The van der Waals surface area contributed by atoms with Gasteiger partial charge in [-0.15, -0.1) is 0 Å². The van der Waals surface area contributed by atoms with Crippen LogP contribution < -0.4 is 0 Å². The van der Waals surface area contributed by atoms with E-state index in [2.05, 4.69) is 0 Å². The van der Waals surface area contributed by atoms with E-state index < -0.39 is 12.0 Å². The van der Waals surface area contributed by atoms with Gasteiger partial charge >= 0.3 is 5.97 Å². The molecule has 6 nitrogen and oxygen atoms in total. The van der Waals surface area contributed by atoms with Crippen molar-refractivity contribution < 1.29 is 19.4 Å². The van der Waals surface area contributed by atoms with Gasteiger partial charge in [-0.3, -0.25) is 4.79 Å². The monoisotopic (exact) mass is 342 g/mol. The summed E-state index contributed by atoms with van der Waals surface area (Å²) in [6.45, 7) is 6.53. The number of aryl methyl sites for hydroxylation is 2. The van der Waals surface area contributed by atoms with Crippen LogP contribution >= 0.6 is 0 Å². The standard InChI is InChI=1S/C19H22N2O4/c1-12-6-4-5-7-16(12)21-13(2)10-15(14(21)3)18(22)20-8-9-25-11-17(20)19(23)24/h4-7,10,17H,8-9,11H2,1-3H3,(H,23,24). The van der Waals surface area contributed by atoms with Crippen molar-refractivity contribution in [1.82, 2.24) is 9.47 Å². The highest BCUT2D eigenvalue weighted by Crippen LogP contribution is 2.25. The van der Waals surface area contributed by atoms with Crippen molar-refractivity contribution in [3.8, 4) is 5.69 Å². The van der Waals surface area contributed by atoms with Crippen LogP contribution in [0.25, 0.3) is 5.69 Å². The zero-order valence-corrected chi connectivity index (χ0v) is 14.7. The molecule has 1 amide bonds. The minimum atomic E-state index is -1.04. The molecule has 0 spiro atoms. The minimum Gasteiger partial charge on any atom is -0.480 e. The molecule has 6 heteroatoms. The second kappa shape index (κ2) is 6.72. The molecule has 1 saturated heterocycles. The maximum Gasteiger partial charge on any atom is 0.328 e. The molecule has 1 atom stereocenters. The summed E-state index contributed by atoms with van der Waals surface area (Å²) >= 11 is 0. The number of benzene rings is 1. The predicted molar refractivity (Wildman–Crippen MR) is 93.3 cm³/mol. The molecule has 0 bridgehead atoms. The molecule has 1 aromatic heterocycles. The first-order chi connectivity index (χ1) is 11.9. The van der Waals surface area contributed by atoms with Crippen LogP contribution in [-0.2, 0) is 9.53 Å². The Balaban J connectivity index is 2.01. The number of morpholine rings is 1. The fourth-order valence-corrected chi connectivity index (χ4v) is 3.37. The Bertz CT molecular complexity index is 825. The number of amides is 1. The van der Waals surface area contributed by atoms with E-state index in [-0.39, 0.29) is 19.1 Å². The molecule has 132 valence electrons. The van der Waals surface area contributed by atoms with E-state index in [9.17, 15) is 14.7 Å². The fraction of sp³-hybridized carbons (Fsp3) is 0.368. The summed E-state index contributed by atoms with van der Waals surface area (Å²) in [5.41, 5.74) is 4.42. The number of carboxylic acid groups (broad SMARTS) is 1. The number of para-hydroxylation sites is 1. The number of carboxylic acids is 1. The molecule has 25 heavy (non-hydrogen) atoms. The van der Waals surface area contributed by atoms with Gasteiger partial charge in [0.2, 0.25) is 0 Å². The average molecular weight is 342 g/mol. The predicted octanol–water partition coefficient (Wildman–Crippen LogP) is 2.33. The second-order valence-electron chi connectivity index (χ2n) is 6.33. The quantitative estimate of drug-likeness (QED) is 0.929. The lowest BCUT2D eigenvalue weighted by atomic mass is 10.1. The Kier molecular flexibility index (Phi) is 4.63. The van der Waals surface area contributed by atoms with E-state index in [1.54, 1.807) is 0 Å². The largest absolute Gasteiger partial charge is 0.480 e. The van der Waals surface area contributed by atoms with Crippen molar-refractivity contribution in [1.29, 1.82) is 0 Å². The van der Waals surface area contributed by atoms with E-state index in [0.717, 1.165) is 22.6 Å². The van der Waals surface area contributed by atoms with Gasteiger partial charge in [-0.05, 0) is 38.5 Å². The Morgan fingerprint density at radius 1 is 1.20 bits per heavy atom. The van der Waals surface area contributed by atoms with Crippen LogP contribution in [0.1, 0.15) is 27.3 Å². The van der Waals surface area contributed by atoms with Crippen LogP contribution in [0.15, 0.2) is 30.3 Å². The maximum absolute atomic E-state index is 13.0. The smallest absolute Gasteiger partial charge is 0.328 e. The van der Waals surface area contributed by atoms with Gasteiger partial charge in [0.05, 0.1) is 18.8 Å². The van der Waals surface area contributed by atoms with Gasteiger partial charge in [0.1, 0.15) is 0 Å². The van der Waals surface area contributed by atoms with Gasteiger partial charge in [0.25, 0.3) is 5.91 Å². The third-order valence-electron chi connectivity index (χ3n) is 4.69. The Morgan fingerprint density at radius 3 is 2.60 bits per heavy atom. The summed E-state index contributed by atoms with van der Waals surface area (Å²) in [4.78, 5) is 25.9. The van der Waals surface area contributed by atoms with E-state index in [1.165, 1.54) is 4.90 Å². The molecule has 1 aliphatic rings. The number of carbonyl (C=O) groups is 2. The van der Waals surface area contributed by atoms with Crippen LogP contribution in [0.3, 0.4) is 0 Å². The van der Waals surface area contributed by atoms with E-state index in [4.69, 9.17) is 4.74 Å². The van der Waals surface area contributed by atoms with Gasteiger partial charge in [-0.25, -0.2) is 4.79 Å². The van der Waals surface area contributed by atoms with Crippen LogP contribution in [0.5, 0.6) is 0 Å². The molecule has 2 aromatic rings. The molecule has 0 saturated carbocycles. The number of aliphatic carboxylic acids is 1. The zero-order chi connectivity index (χ0) is 18.1. The minimum absolute atomic E-state index is 0.0254. The van der Waals surface area contributed by atoms with Crippen LogP contribution in [0.4, 0.5) is 0 Å². The maximum atomic E-state index is 13.0. The van der Waals surface area contributed by atoms with Crippen LogP contribution in [0.2, 0.25) is 0 Å². The number of hydrogen-bond donors (Lipinski definition) is 1. The van der Waals surface area contributed by atoms with Crippen LogP contribution in [0, 0.1) is 20.8 Å². The summed E-state index contributed by atoms with van der Waals surface area (Å²) in [5, 5.41) is 9.37. The van der Waals surface area contributed by atoms with Crippen molar-refractivity contribution in [2.45, 2.75) is 26.8 Å². The first-order valence-electron chi connectivity index (χ1n) is 8.28. The molecule has 0 radical (unpaired) electrons. The van der Waals surface area contributed by atoms with Crippen molar-refractivity contribution in [3.63, 3.8) is 0 Å². The van der Waals surface area contributed by atoms with Gasteiger partial charge in [-0.2, -0.15) is 0 Å². The highest BCUT2D eigenvalue weighted by atomic mass is 16.5. The van der Waals surface area contributed by atoms with E-state index in [1.807, 2.05) is 55.7 Å². The SMILES string of the molecule is Cc1ccccc1-n1c(C)cc(C(=O)N2CCOCC2C(=O)O)c1C. The summed E-state index contributed by atoms with van der Waals surface area (Å²) in [6.07, 6.45) is 0. The molecule has 1 fully saturated rings. The molecule has 2 heterocycles. The van der Waals surface area contributed by atoms with E-state index in [0.29, 0.717) is 12.2 Å². The Morgan fingerprint density at radius 2 is 1.92 bits per heavy atom. The average Bonchev–Trinajstić information content (AvgIpc) is 2.89. The molecular weight excluding hydrogens is 320 g/mol. The number of aromatic nitrogens is 1. The van der Waals surface area contributed by atoms with Gasteiger partial charge in [0, 0.05) is 23.6 Å². The number of ether oxygens (including phenoxy) is 1. The van der Waals surface area contributed by atoms with Crippen molar-refractivity contribution in [3.05, 3.63) is 52.8 Å². The third-order valence-corrected chi connectivity index (χ3v) is 4.69. The summed E-state index contributed by atoms with van der Waals surface area (Å²) in [7, 11) is 0. The summed E-state index contributed by atoms with van der Waals surface area (Å²) in [6, 6.07) is 8.87. The number of hydrogen-bond acceptors (Lipinski definition) is 3. The lowest BCUT2D eigenvalue weighted by molar-refractivity contribution is -0.147. The van der Waals surface area contributed by atoms with Crippen molar-refractivity contribution in [2.75, 3.05) is 19.8 Å². The Hall–Kier alpha value is -2.60. The topological polar surface area (TPSA) is 71.8 Å². The number of carbonyl (C=O) groups excluding carboxylic acids is 1. The first kappa shape index (κ1) is 17.2. The highest BCUT2D eigenvalue weighted by Gasteiger charge is 2.34. The number of nitrogens with zero attached hydrogens (tertiary/aromatic N) is 2. The molecule has 3 rings (SSSR count). The lowest BCUT2D eigenvalue weighted by Gasteiger charge is -2.32. The normalized spacial score (nSPS) is 17.6. The van der Waals surface area contributed by atoms with Gasteiger partial charge in [0.15, 0.2) is 6.04 Å². The Labute approximate surface area is 146 Å². The third kappa shape index (κ3) is 3.05. The number of rotatable bonds is 3. The van der Waals surface area contributed by atoms with Crippen molar-refractivity contribution >= 4 is 11.9 Å². The second-order valence-corrected chi connectivity index (χ2v) is 6.33. The summed E-state index contributed by atoms with van der Waals surface area (Å²) < 4.78 is 7.26. The van der Waals surface area contributed by atoms with E-state index >= 15 is 0 Å². The van der Waals surface area contributed by atoms with Crippen molar-refractivity contribution in [2.24, 2.45) is 0 Å². The first-order valence-corrected chi connectivity index (χ1v) is 8.28. The molecule has 1 N–H and O–H groups in total. The molecule has 0 aliphatic carbocycles. The molecular formula is C19H22N2O4. The summed E-state index contributed by atoms with van der Waals surface area (Å²) in [5.74, 6) is -1.30. The molecule has 1 unspecified atom stereocenters. The molecule has 1 aliphatic heterocycles. The van der Waals surface area contributed by atoms with Gasteiger partial charge < -0.3 is 19.3 Å². The van der Waals surface area contributed by atoms with Crippen LogP contribution in [-0.4, -0.2) is 52.3 Å². The van der Waals surface area contributed by atoms with Gasteiger partial charge in [-0.1, -0.05) is 18.2 Å². The highest BCUT2D eigenvalue weighted by molar-refractivity contribution is 5.98. The lowest BCUT2D eigenvalue weighted by Crippen LogP contribution is -2.52. The molecule has 1 aromatic carbocycles. The zero-order valence-electron chi connectivity index (χ0n) is 14.7.